The van der Waals surface area contributed by atoms with Gasteiger partial charge in [-0.3, -0.25) is 0 Å². The zero-order valence-corrected chi connectivity index (χ0v) is 13.6. The van der Waals surface area contributed by atoms with E-state index in [9.17, 15) is 0 Å². The molecule has 0 unspecified atom stereocenters. The molecule has 0 fully saturated rings. The first-order chi connectivity index (χ1) is 9.63. The van der Waals surface area contributed by atoms with Crippen molar-refractivity contribution in [2.75, 3.05) is 13.7 Å². The molecule has 0 spiro atoms. The van der Waals surface area contributed by atoms with Gasteiger partial charge >= 0.3 is 0 Å². The molecule has 5 heteroatoms. The number of hydrogen-bond donors (Lipinski definition) is 1. The number of nitrogens with zero attached hydrogens (tertiary/aromatic N) is 1. The van der Waals surface area contributed by atoms with E-state index in [4.69, 9.17) is 9.47 Å². The molecular weight excluding hydrogens is 290 g/mol. The molecular formula is C15H19NO2S2. The Kier molecular flexibility index (Phi) is 5.31. The van der Waals surface area contributed by atoms with Crippen LogP contribution in [0.4, 0.5) is 0 Å². The van der Waals surface area contributed by atoms with E-state index < -0.39 is 0 Å². The molecule has 0 amide bonds. The SMILES string of the molecule is COc1cc(-c2ncc(CS)s2)ccc1OCC(C)C. The van der Waals surface area contributed by atoms with E-state index in [1.54, 1.807) is 18.4 Å². The van der Waals surface area contributed by atoms with Crippen LogP contribution in [-0.2, 0) is 5.75 Å². The van der Waals surface area contributed by atoms with Crippen LogP contribution >= 0.6 is 24.0 Å². The number of thiol groups is 1. The first kappa shape index (κ1) is 15.2. The minimum absolute atomic E-state index is 0.483. The third-order valence-electron chi connectivity index (χ3n) is 2.69. The van der Waals surface area contributed by atoms with Gasteiger partial charge in [-0.15, -0.1) is 11.3 Å². The Morgan fingerprint density at radius 3 is 2.70 bits per heavy atom. The van der Waals surface area contributed by atoms with Crippen LogP contribution in [0.15, 0.2) is 24.4 Å². The van der Waals surface area contributed by atoms with Gasteiger partial charge in [-0.2, -0.15) is 12.6 Å². The first-order valence-electron chi connectivity index (χ1n) is 6.50. The highest BCUT2D eigenvalue weighted by molar-refractivity contribution is 7.79. The number of hydrogen-bond acceptors (Lipinski definition) is 5. The number of benzene rings is 1. The standard InChI is InChI=1S/C15H19NO2S2/c1-10(2)8-18-13-5-4-11(6-14(13)17-3)15-16-7-12(9-19)20-15/h4-7,10,19H,8-9H2,1-3H3. The minimum atomic E-state index is 0.483. The van der Waals surface area contributed by atoms with Crippen LogP contribution in [0.2, 0.25) is 0 Å². The second kappa shape index (κ2) is 6.99. The van der Waals surface area contributed by atoms with E-state index in [1.807, 2.05) is 24.4 Å². The molecule has 108 valence electrons. The summed E-state index contributed by atoms with van der Waals surface area (Å²) < 4.78 is 11.2. The van der Waals surface area contributed by atoms with Crippen LogP contribution in [0.3, 0.4) is 0 Å². The Morgan fingerprint density at radius 1 is 1.30 bits per heavy atom. The maximum atomic E-state index is 5.75. The van der Waals surface area contributed by atoms with Crippen molar-refractivity contribution in [3.05, 3.63) is 29.3 Å². The van der Waals surface area contributed by atoms with Crippen LogP contribution in [-0.4, -0.2) is 18.7 Å². The maximum absolute atomic E-state index is 5.75. The molecule has 0 radical (unpaired) electrons. The second-order valence-corrected chi connectivity index (χ2v) is 6.29. The summed E-state index contributed by atoms with van der Waals surface area (Å²) in [5.74, 6) is 2.71. The van der Waals surface area contributed by atoms with Gasteiger partial charge in [0.25, 0.3) is 0 Å². The molecule has 2 rings (SSSR count). The predicted molar refractivity (Wildman–Crippen MR) is 87.1 cm³/mol. The molecule has 0 bridgehead atoms. The first-order valence-corrected chi connectivity index (χ1v) is 7.95. The van der Waals surface area contributed by atoms with E-state index in [0.717, 1.165) is 26.9 Å². The lowest BCUT2D eigenvalue weighted by atomic mass is 10.2. The summed E-state index contributed by atoms with van der Waals surface area (Å²) in [5.41, 5.74) is 1.04. The molecule has 0 saturated heterocycles. The fraction of sp³-hybridized carbons (Fsp3) is 0.400. The van der Waals surface area contributed by atoms with Crippen LogP contribution < -0.4 is 9.47 Å². The third-order valence-corrected chi connectivity index (χ3v) is 4.29. The lowest BCUT2D eigenvalue weighted by Crippen LogP contribution is -2.05. The van der Waals surface area contributed by atoms with E-state index in [0.29, 0.717) is 18.3 Å². The highest BCUT2D eigenvalue weighted by Gasteiger charge is 2.10. The number of methoxy groups -OCH3 is 1. The van der Waals surface area contributed by atoms with Crippen molar-refractivity contribution in [2.24, 2.45) is 5.92 Å². The zero-order valence-electron chi connectivity index (χ0n) is 11.9. The summed E-state index contributed by atoms with van der Waals surface area (Å²) in [7, 11) is 1.66. The average Bonchev–Trinajstić information content (AvgIpc) is 2.93. The topological polar surface area (TPSA) is 31.4 Å². The molecule has 0 aliphatic carbocycles. The van der Waals surface area contributed by atoms with Gasteiger partial charge in [0.1, 0.15) is 5.01 Å². The lowest BCUT2D eigenvalue weighted by molar-refractivity contribution is 0.257. The van der Waals surface area contributed by atoms with E-state index >= 15 is 0 Å². The van der Waals surface area contributed by atoms with Crippen molar-refractivity contribution in [1.82, 2.24) is 4.98 Å². The van der Waals surface area contributed by atoms with Crippen molar-refractivity contribution in [3.63, 3.8) is 0 Å². The highest BCUT2D eigenvalue weighted by Crippen LogP contribution is 2.34. The Morgan fingerprint density at radius 2 is 2.10 bits per heavy atom. The van der Waals surface area contributed by atoms with Gasteiger partial charge in [0.2, 0.25) is 0 Å². The molecule has 0 atom stereocenters. The Bertz CT molecular complexity index is 567. The van der Waals surface area contributed by atoms with Crippen molar-refractivity contribution < 1.29 is 9.47 Å². The molecule has 20 heavy (non-hydrogen) atoms. The maximum Gasteiger partial charge on any atom is 0.161 e. The van der Waals surface area contributed by atoms with E-state index in [1.165, 1.54) is 0 Å². The fourth-order valence-corrected chi connectivity index (χ4v) is 2.73. The van der Waals surface area contributed by atoms with Crippen LogP contribution in [0, 0.1) is 5.92 Å². The third kappa shape index (κ3) is 3.67. The minimum Gasteiger partial charge on any atom is -0.493 e. The summed E-state index contributed by atoms with van der Waals surface area (Å²) in [6.45, 7) is 4.92. The predicted octanol–water partition coefficient (Wildman–Crippen LogP) is 4.28. The van der Waals surface area contributed by atoms with Gasteiger partial charge in [0, 0.05) is 22.4 Å². The second-order valence-electron chi connectivity index (χ2n) is 4.86. The average molecular weight is 309 g/mol. The van der Waals surface area contributed by atoms with E-state index in [-0.39, 0.29) is 0 Å². The van der Waals surface area contributed by atoms with Gasteiger partial charge in [-0.1, -0.05) is 13.8 Å². The van der Waals surface area contributed by atoms with Crippen molar-refractivity contribution in [1.29, 1.82) is 0 Å². The monoisotopic (exact) mass is 309 g/mol. The quantitative estimate of drug-likeness (QED) is 0.808. The van der Waals surface area contributed by atoms with Crippen molar-refractivity contribution >= 4 is 24.0 Å². The molecule has 3 nitrogen and oxygen atoms in total. The molecule has 1 aromatic carbocycles. The summed E-state index contributed by atoms with van der Waals surface area (Å²) in [6.07, 6.45) is 1.86. The zero-order chi connectivity index (χ0) is 14.5. The summed E-state index contributed by atoms with van der Waals surface area (Å²) in [5, 5.41) is 0.975. The van der Waals surface area contributed by atoms with Gasteiger partial charge < -0.3 is 9.47 Å². The van der Waals surface area contributed by atoms with Gasteiger partial charge in [0.05, 0.1) is 13.7 Å². The van der Waals surface area contributed by atoms with Crippen LogP contribution in [0.25, 0.3) is 10.6 Å². The van der Waals surface area contributed by atoms with E-state index in [2.05, 4.69) is 31.5 Å². The Hall–Kier alpha value is -1.20. The summed E-state index contributed by atoms with van der Waals surface area (Å²) in [6, 6.07) is 5.93. The van der Waals surface area contributed by atoms with Crippen molar-refractivity contribution in [2.45, 2.75) is 19.6 Å². The van der Waals surface area contributed by atoms with Gasteiger partial charge in [0.15, 0.2) is 11.5 Å². The number of thiazole rings is 1. The van der Waals surface area contributed by atoms with Crippen LogP contribution in [0.5, 0.6) is 11.5 Å². The van der Waals surface area contributed by atoms with Crippen molar-refractivity contribution in [3.8, 4) is 22.1 Å². The largest absolute Gasteiger partial charge is 0.493 e. The summed E-state index contributed by atoms with van der Waals surface area (Å²) >= 11 is 5.91. The molecule has 0 saturated carbocycles. The lowest BCUT2D eigenvalue weighted by Gasteiger charge is -2.13. The fourth-order valence-electron chi connectivity index (χ4n) is 1.69. The molecule has 1 heterocycles. The Labute approximate surface area is 129 Å². The van der Waals surface area contributed by atoms with Crippen LogP contribution in [0.1, 0.15) is 18.7 Å². The molecule has 1 aromatic heterocycles. The Balaban J connectivity index is 2.24. The number of rotatable bonds is 6. The number of ether oxygens (including phenoxy) is 2. The smallest absolute Gasteiger partial charge is 0.161 e. The normalized spacial score (nSPS) is 10.8. The number of aromatic nitrogens is 1. The van der Waals surface area contributed by atoms with Gasteiger partial charge in [-0.25, -0.2) is 4.98 Å². The van der Waals surface area contributed by atoms with Gasteiger partial charge in [-0.05, 0) is 24.1 Å². The molecule has 2 aromatic rings. The highest BCUT2D eigenvalue weighted by atomic mass is 32.1. The summed E-state index contributed by atoms with van der Waals surface area (Å²) in [4.78, 5) is 5.56. The molecule has 0 N–H and O–H groups in total. The molecule has 0 aliphatic heterocycles. The molecule has 0 aliphatic rings.